The van der Waals surface area contributed by atoms with Crippen molar-refractivity contribution in [2.45, 2.75) is 6.92 Å². The lowest BCUT2D eigenvalue weighted by Gasteiger charge is -2.12. The summed E-state index contributed by atoms with van der Waals surface area (Å²) in [6.45, 7) is 1.80. The van der Waals surface area contributed by atoms with Gasteiger partial charge in [0.2, 0.25) is 0 Å². The molecule has 0 aliphatic rings. The Morgan fingerprint density at radius 3 is 1.60 bits per heavy atom. The Balaban J connectivity index is 2.26. The molecule has 0 amide bonds. The van der Waals surface area contributed by atoms with Crippen molar-refractivity contribution in [3.05, 3.63) is 84.2 Å². The van der Waals surface area contributed by atoms with Crippen molar-refractivity contribution in [1.82, 2.24) is 0 Å². The predicted molar refractivity (Wildman–Crippen MR) is 82.0 cm³/mol. The van der Waals surface area contributed by atoms with Gasteiger partial charge < -0.3 is 0 Å². The summed E-state index contributed by atoms with van der Waals surface area (Å²) in [5.41, 5.74) is 4.80. The summed E-state index contributed by atoms with van der Waals surface area (Å²) < 4.78 is 14.0. The number of hydrogen-bond acceptors (Lipinski definition) is 0. The number of hydrogen-bond donors (Lipinski definition) is 0. The molecule has 1 heteroatoms. The van der Waals surface area contributed by atoms with Gasteiger partial charge in [0, 0.05) is 0 Å². The molecule has 0 unspecified atom stereocenters. The van der Waals surface area contributed by atoms with Crippen LogP contribution >= 0.6 is 0 Å². The fourth-order valence-corrected chi connectivity index (χ4v) is 2.39. The molecule has 0 heterocycles. The fourth-order valence-electron chi connectivity index (χ4n) is 2.39. The smallest absolute Gasteiger partial charge is 0.126 e. The molecule has 0 aliphatic carbocycles. The summed E-state index contributed by atoms with van der Waals surface area (Å²) in [6, 6.07) is 23.6. The van der Waals surface area contributed by atoms with Gasteiger partial charge in [0.1, 0.15) is 5.82 Å². The Hall–Kier alpha value is -2.41. The number of benzene rings is 3. The zero-order chi connectivity index (χ0) is 13.9. The van der Waals surface area contributed by atoms with Gasteiger partial charge >= 0.3 is 0 Å². The quantitative estimate of drug-likeness (QED) is 0.574. The average molecular weight is 262 g/mol. The van der Waals surface area contributed by atoms with Crippen molar-refractivity contribution >= 4 is 0 Å². The second-order valence-corrected chi connectivity index (χ2v) is 4.88. The minimum atomic E-state index is -0.163. The van der Waals surface area contributed by atoms with Crippen molar-refractivity contribution < 1.29 is 4.39 Å². The van der Waals surface area contributed by atoms with Crippen LogP contribution in [0, 0.1) is 12.7 Å². The van der Waals surface area contributed by atoms with Crippen molar-refractivity contribution in [2.75, 3.05) is 0 Å². The lowest BCUT2D eigenvalue weighted by atomic mass is 9.93. The number of aryl methyl sites for hydroxylation is 1. The lowest BCUT2D eigenvalue weighted by molar-refractivity contribution is 0.619. The standard InChI is InChI=1S/C19H15F/c1-14-12-17(15-8-4-2-5-9-15)18(13-19(14)20)16-10-6-3-7-11-16/h2-13H,1H3. The summed E-state index contributed by atoms with van der Waals surface area (Å²) in [5.74, 6) is -0.163. The zero-order valence-electron chi connectivity index (χ0n) is 11.3. The Kier molecular flexibility index (Phi) is 3.34. The maximum atomic E-state index is 14.0. The van der Waals surface area contributed by atoms with Crippen molar-refractivity contribution in [1.29, 1.82) is 0 Å². The fraction of sp³-hybridized carbons (Fsp3) is 0.0526. The minimum absolute atomic E-state index is 0.163. The molecule has 0 aliphatic heterocycles. The first kappa shape index (κ1) is 12.6. The molecule has 3 rings (SSSR count). The van der Waals surface area contributed by atoms with E-state index < -0.39 is 0 Å². The van der Waals surface area contributed by atoms with E-state index in [4.69, 9.17) is 0 Å². The summed E-state index contributed by atoms with van der Waals surface area (Å²) in [6.07, 6.45) is 0. The Bertz CT molecular complexity index is 651. The monoisotopic (exact) mass is 262 g/mol. The molecule has 0 radical (unpaired) electrons. The summed E-state index contributed by atoms with van der Waals surface area (Å²) in [5, 5.41) is 0. The highest BCUT2D eigenvalue weighted by Gasteiger charge is 2.10. The van der Waals surface area contributed by atoms with E-state index in [-0.39, 0.29) is 5.82 Å². The van der Waals surface area contributed by atoms with Gasteiger partial charge in [-0.25, -0.2) is 4.39 Å². The van der Waals surface area contributed by atoms with Crippen LogP contribution in [0.1, 0.15) is 5.56 Å². The average Bonchev–Trinajstić information content (AvgIpc) is 2.51. The van der Waals surface area contributed by atoms with Gasteiger partial charge in [0.15, 0.2) is 0 Å². The Labute approximate surface area is 118 Å². The molecule has 0 aromatic heterocycles. The number of rotatable bonds is 2. The highest BCUT2D eigenvalue weighted by Crippen LogP contribution is 2.33. The first-order valence-corrected chi connectivity index (χ1v) is 6.67. The van der Waals surface area contributed by atoms with E-state index in [9.17, 15) is 4.39 Å². The van der Waals surface area contributed by atoms with Crippen LogP contribution in [0.3, 0.4) is 0 Å². The van der Waals surface area contributed by atoms with Crippen LogP contribution in [0.2, 0.25) is 0 Å². The maximum Gasteiger partial charge on any atom is 0.126 e. The second-order valence-electron chi connectivity index (χ2n) is 4.88. The SMILES string of the molecule is Cc1cc(-c2ccccc2)c(-c2ccccc2)cc1F. The van der Waals surface area contributed by atoms with Crippen LogP contribution in [0.25, 0.3) is 22.3 Å². The molecule has 98 valence electrons. The van der Waals surface area contributed by atoms with Crippen LogP contribution in [0.15, 0.2) is 72.8 Å². The summed E-state index contributed by atoms with van der Waals surface area (Å²) >= 11 is 0. The third kappa shape index (κ3) is 2.35. The van der Waals surface area contributed by atoms with Crippen LogP contribution in [0.4, 0.5) is 4.39 Å². The Morgan fingerprint density at radius 2 is 1.10 bits per heavy atom. The van der Waals surface area contributed by atoms with Crippen LogP contribution in [-0.4, -0.2) is 0 Å². The first-order valence-electron chi connectivity index (χ1n) is 6.67. The largest absolute Gasteiger partial charge is 0.207 e. The highest BCUT2D eigenvalue weighted by atomic mass is 19.1. The van der Waals surface area contributed by atoms with Crippen molar-refractivity contribution in [3.8, 4) is 22.3 Å². The highest BCUT2D eigenvalue weighted by molar-refractivity contribution is 5.83. The van der Waals surface area contributed by atoms with E-state index >= 15 is 0 Å². The second kappa shape index (κ2) is 5.30. The molecule has 20 heavy (non-hydrogen) atoms. The van der Waals surface area contributed by atoms with E-state index in [0.717, 1.165) is 22.3 Å². The Morgan fingerprint density at radius 1 is 0.650 bits per heavy atom. The van der Waals surface area contributed by atoms with E-state index in [1.807, 2.05) is 54.6 Å². The van der Waals surface area contributed by atoms with E-state index in [1.165, 1.54) is 0 Å². The van der Waals surface area contributed by atoms with E-state index in [0.29, 0.717) is 5.56 Å². The molecule has 0 spiro atoms. The molecule has 0 nitrogen and oxygen atoms in total. The zero-order valence-corrected chi connectivity index (χ0v) is 11.3. The molecular weight excluding hydrogens is 247 g/mol. The maximum absolute atomic E-state index is 14.0. The van der Waals surface area contributed by atoms with Gasteiger partial charge in [-0.2, -0.15) is 0 Å². The molecule has 3 aromatic carbocycles. The van der Waals surface area contributed by atoms with Gasteiger partial charge in [-0.3, -0.25) is 0 Å². The molecule has 0 saturated carbocycles. The first-order chi connectivity index (χ1) is 9.75. The van der Waals surface area contributed by atoms with E-state index in [2.05, 4.69) is 12.1 Å². The van der Waals surface area contributed by atoms with Gasteiger partial charge in [0.25, 0.3) is 0 Å². The molecular formula is C19H15F. The predicted octanol–water partition coefficient (Wildman–Crippen LogP) is 5.47. The molecule has 3 aromatic rings. The number of halogens is 1. The molecule has 0 N–H and O–H groups in total. The summed E-state index contributed by atoms with van der Waals surface area (Å²) in [7, 11) is 0. The van der Waals surface area contributed by atoms with Gasteiger partial charge in [0.05, 0.1) is 0 Å². The topological polar surface area (TPSA) is 0 Å². The molecule has 0 saturated heterocycles. The molecule has 0 fully saturated rings. The third-order valence-corrected chi connectivity index (χ3v) is 3.47. The molecule has 0 bridgehead atoms. The van der Waals surface area contributed by atoms with Gasteiger partial charge in [-0.05, 0) is 46.9 Å². The van der Waals surface area contributed by atoms with Gasteiger partial charge in [-0.1, -0.05) is 60.7 Å². The van der Waals surface area contributed by atoms with Crippen LogP contribution in [0.5, 0.6) is 0 Å². The summed E-state index contributed by atoms with van der Waals surface area (Å²) in [4.78, 5) is 0. The lowest BCUT2D eigenvalue weighted by Crippen LogP contribution is -1.90. The minimum Gasteiger partial charge on any atom is -0.207 e. The van der Waals surface area contributed by atoms with Crippen LogP contribution < -0.4 is 0 Å². The van der Waals surface area contributed by atoms with Crippen molar-refractivity contribution in [3.63, 3.8) is 0 Å². The van der Waals surface area contributed by atoms with Gasteiger partial charge in [-0.15, -0.1) is 0 Å². The van der Waals surface area contributed by atoms with Crippen LogP contribution in [-0.2, 0) is 0 Å². The molecule has 0 atom stereocenters. The van der Waals surface area contributed by atoms with Crippen molar-refractivity contribution in [2.24, 2.45) is 0 Å². The van der Waals surface area contributed by atoms with E-state index in [1.54, 1.807) is 13.0 Å². The normalized spacial score (nSPS) is 10.5. The third-order valence-electron chi connectivity index (χ3n) is 3.47.